The Bertz CT molecular complexity index is 234. The fourth-order valence-electron chi connectivity index (χ4n) is 2.59. The molecule has 0 amide bonds. The molecule has 1 aliphatic heterocycles. The van der Waals surface area contributed by atoms with Crippen LogP contribution in [0.1, 0.15) is 46.0 Å². The average molecular weight is 240 g/mol. The predicted octanol–water partition coefficient (Wildman–Crippen LogP) is 1.61. The topological polar surface area (TPSA) is 35.5 Å². The molecule has 2 aliphatic rings. The molecule has 0 spiro atoms. The Kier molecular flexibility index (Phi) is 4.45. The maximum Gasteiger partial charge on any atom is 0.0564 e. The summed E-state index contributed by atoms with van der Waals surface area (Å²) in [4.78, 5) is 2.53. The van der Waals surface area contributed by atoms with Gasteiger partial charge >= 0.3 is 0 Å². The number of hydrogen-bond donors (Lipinski definition) is 2. The largest absolute Gasteiger partial charge is 0.393 e. The van der Waals surface area contributed by atoms with E-state index in [0.29, 0.717) is 5.41 Å². The van der Waals surface area contributed by atoms with Crippen molar-refractivity contribution in [2.24, 2.45) is 5.41 Å². The van der Waals surface area contributed by atoms with Crippen molar-refractivity contribution in [3.05, 3.63) is 0 Å². The highest BCUT2D eigenvalue weighted by atomic mass is 16.3. The van der Waals surface area contributed by atoms with Gasteiger partial charge in [0.25, 0.3) is 0 Å². The van der Waals surface area contributed by atoms with Gasteiger partial charge in [-0.05, 0) is 37.5 Å². The molecule has 0 aromatic carbocycles. The molecule has 17 heavy (non-hydrogen) atoms. The van der Waals surface area contributed by atoms with Crippen LogP contribution in [0, 0.1) is 5.41 Å². The molecule has 1 saturated carbocycles. The van der Waals surface area contributed by atoms with Gasteiger partial charge in [0.1, 0.15) is 0 Å². The van der Waals surface area contributed by atoms with Crippen molar-refractivity contribution in [3.8, 4) is 0 Å². The van der Waals surface area contributed by atoms with Gasteiger partial charge in [0, 0.05) is 32.2 Å². The molecule has 0 aromatic rings. The minimum atomic E-state index is -0.0521. The smallest absolute Gasteiger partial charge is 0.0564 e. The molecule has 1 aliphatic carbocycles. The Morgan fingerprint density at radius 1 is 1.24 bits per heavy atom. The van der Waals surface area contributed by atoms with E-state index in [1.165, 1.54) is 25.8 Å². The molecular weight excluding hydrogens is 212 g/mol. The fourth-order valence-corrected chi connectivity index (χ4v) is 2.59. The molecule has 0 bridgehead atoms. The zero-order chi connectivity index (χ0) is 12.3. The fraction of sp³-hybridized carbons (Fsp3) is 1.00. The van der Waals surface area contributed by atoms with Gasteiger partial charge < -0.3 is 15.3 Å². The third kappa shape index (κ3) is 4.23. The molecule has 2 fully saturated rings. The van der Waals surface area contributed by atoms with Crippen molar-refractivity contribution in [2.45, 2.75) is 58.1 Å². The summed E-state index contributed by atoms with van der Waals surface area (Å²) in [7, 11) is 0. The Labute approximate surface area is 106 Å². The van der Waals surface area contributed by atoms with Crippen LogP contribution in [0.2, 0.25) is 0 Å². The quantitative estimate of drug-likeness (QED) is 0.740. The van der Waals surface area contributed by atoms with E-state index in [0.717, 1.165) is 38.5 Å². The lowest BCUT2D eigenvalue weighted by molar-refractivity contribution is 0.0585. The van der Waals surface area contributed by atoms with Gasteiger partial charge in [0.2, 0.25) is 0 Å². The van der Waals surface area contributed by atoms with Crippen LogP contribution in [0.5, 0.6) is 0 Å². The van der Waals surface area contributed by atoms with Crippen molar-refractivity contribution < 1.29 is 5.11 Å². The van der Waals surface area contributed by atoms with E-state index in [-0.39, 0.29) is 6.10 Å². The number of nitrogens with zero attached hydrogens (tertiary/aromatic N) is 1. The molecule has 1 saturated heterocycles. The summed E-state index contributed by atoms with van der Waals surface area (Å²) in [5.74, 6) is 0. The van der Waals surface area contributed by atoms with E-state index < -0.39 is 0 Å². The summed E-state index contributed by atoms with van der Waals surface area (Å²) in [6.07, 6.45) is 5.83. The van der Waals surface area contributed by atoms with Crippen LogP contribution in [0.3, 0.4) is 0 Å². The molecule has 1 heterocycles. The third-order valence-electron chi connectivity index (χ3n) is 4.41. The van der Waals surface area contributed by atoms with Crippen LogP contribution in [0.4, 0.5) is 0 Å². The highest BCUT2D eigenvalue weighted by Gasteiger charge is 2.30. The Morgan fingerprint density at radius 3 is 2.41 bits per heavy atom. The number of aliphatic hydroxyl groups is 1. The van der Waals surface area contributed by atoms with Crippen molar-refractivity contribution in [3.63, 3.8) is 0 Å². The maximum atomic E-state index is 9.53. The summed E-state index contributed by atoms with van der Waals surface area (Å²) in [5, 5.41) is 13.2. The van der Waals surface area contributed by atoms with Crippen molar-refractivity contribution in [1.82, 2.24) is 10.2 Å². The monoisotopic (exact) mass is 240 g/mol. The van der Waals surface area contributed by atoms with Crippen LogP contribution in [0.25, 0.3) is 0 Å². The summed E-state index contributed by atoms with van der Waals surface area (Å²) < 4.78 is 0. The Hall–Kier alpha value is -0.120. The first-order valence-corrected chi connectivity index (χ1v) is 7.25. The molecule has 1 atom stereocenters. The second-order valence-electron chi connectivity index (χ2n) is 6.33. The lowest BCUT2D eigenvalue weighted by Crippen LogP contribution is -2.46. The SMILES string of the molecule is CCC(C)(CNC1CC1)CN1CCC(O)CC1. The first-order valence-electron chi connectivity index (χ1n) is 7.25. The molecule has 0 radical (unpaired) electrons. The first-order chi connectivity index (χ1) is 8.11. The standard InChI is InChI=1S/C14H28N2O/c1-3-14(2,10-15-12-4-5-12)11-16-8-6-13(17)7-9-16/h12-13,15,17H,3-11H2,1-2H3. The molecule has 100 valence electrons. The first kappa shape index (κ1) is 13.3. The number of likely N-dealkylation sites (tertiary alicyclic amines) is 1. The summed E-state index contributed by atoms with van der Waals surface area (Å²) in [6.45, 7) is 9.16. The highest BCUT2D eigenvalue weighted by molar-refractivity contribution is 4.87. The lowest BCUT2D eigenvalue weighted by atomic mass is 9.86. The van der Waals surface area contributed by atoms with Crippen molar-refractivity contribution in [2.75, 3.05) is 26.2 Å². The number of nitrogens with one attached hydrogen (secondary N) is 1. The minimum absolute atomic E-state index is 0.0521. The van der Waals surface area contributed by atoms with Gasteiger partial charge in [-0.25, -0.2) is 0 Å². The maximum absolute atomic E-state index is 9.53. The minimum Gasteiger partial charge on any atom is -0.393 e. The zero-order valence-corrected chi connectivity index (χ0v) is 11.4. The van der Waals surface area contributed by atoms with E-state index in [9.17, 15) is 5.11 Å². The van der Waals surface area contributed by atoms with Crippen LogP contribution < -0.4 is 5.32 Å². The van der Waals surface area contributed by atoms with Crippen LogP contribution >= 0.6 is 0 Å². The van der Waals surface area contributed by atoms with E-state index in [1.54, 1.807) is 0 Å². The highest BCUT2D eigenvalue weighted by Crippen LogP contribution is 2.26. The normalized spacial score (nSPS) is 27.0. The molecule has 3 heteroatoms. The van der Waals surface area contributed by atoms with E-state index in [4.69, 9.17) is 0 Å². The van der Waals surface area contributed by atoms with Gasteiger partial charge in [-0.15, -0.1) is 0 Å². The van der Waals surface area contributed by atoms with Gasteiger partial charge in [-0.2, -0.15) is 0 Å². The summed E-state index contributed by atoms with van der Waals surface area (Å²) >= 11 is 0. The number of rotatable bonds is 6. The predicted molar refractivity (Wildman–Crippen MR) is 71.1 cm³/mol. The number of aliphatic hydroxyl groups excluding tert-OH is 1. The van der Waals surface area contributed by atoms with Gasteiger partial charge in [-0.3, -0.25) is 0 Å². The number of hydrogen-bond acceptors (Lipinski definition) is 3. The van der Waals surface area contributed by atoms with Gasteiger partial charge in [0.15, 0.2) is 0 Å². The van der Waals surface area contributed by atoms with Crippen molar-refractivity contribution >= 4 is 0 Å². The molecule has 3 nitrogen and oxygen atoms in total. The second-order valence-corrected chi connectivity index (χ2v) is 6.33. The van der Waals surface area contributed by atoms with Crippen molar-refractivity contribution in [1.29, 1.82) is 0 Å². The Morgan fingerprint density at radius 2 is 1.88 bits per heavy atom. The zero-order valence-electron chi connectivity index (χ0n) is 11.4. The molecule has 2 rings (SSSR count). The summed E-state index contributed by atoms with van der Waals surface area (Å²) in [5.41, 5.74) is 0.394. The molecule has 0 aromatic heterocycles. The Balaban J connectivity index is 1.75. The van der Waals surface area contributed by atoms with E-state index >= 15 is 0 Å². The lowest BCUT2D eigenvalue weighted by Gasteiger charge is -2.38. The molecular formula is C14H28N2O. The molecule has 2 N–H and O–H groups in total. The second kappa shape index (κ2) is 5.68. The number of piperidine rings is 1. The van der Waals surface area contributed by atoms with Crippen LogP contribution in [-0.4, -0.2) is 48.3 Å². The van der Waals surface area contributed by atoms with Crippen LogP contribution in [0.15, 0.2) is 0 Å². The van der Waals surface area contributed by atoms with E-state index in [1.807, 2.05) is 0 Å². The third-order valence-corrected chi connectivity index (χ3v) is 4.41. The molecule has 1 unspecified atom stereocenters. The average Bonchev–Trinajstić information content (AvgIpc) is 3.14. The summed E-state index contributed by atoms with van der Waals surface area (Å²) in [6, 6.07) is 0.809. The van der Waals surface area contributed by atoms with Gasteiger partial charge in [0.05, 0.1) is 6.10 Å². The van der Waals surface area contributed by atoms with Crippen LogP contribution in [-0.2, 0) is 0 Å². The van der Waals surface area contributed by atoms with Gasteiger partial charge in [-0.1, -0.05) is 13.8 Å². The van der Waals surface area contributed by atoms with E-state index in [2.05, 4.69) is 24.1 Å².